The Morgan fingerprint density at radius 3 is 2.25 bits per heavy atom. The number of pyridine rings is 1. The van der Waals surface area contributed by atoms with E-state index in [-0.39, 0.29) is 5.78 Å². The topological polar surface area (TPSA) is 50.2 Å². The number of carbonyl (C=O) groups is 1. The Kier molecular flexibility index (Phi) is 6.77. The lowest BCUT2D eigenvalue weighted by Gasteiger charge is -2.16. The van der Waals surface area contributed by atoms with Gasteiger partial charge < -0.3 is 5.11 Å². The number of fused-ring (bicyclic) bond motifs is 1. The summed E-state index contributed by atoms with van der Waals surface area (Å²) in [5.74, 6) is 0.159. The average molecular weight is 424 g/mol. The lowest BCUT2D eigenvalue weighted by atomic mass is 9.91. The number of aliphatic hydroxyl groups excluding tert-OH is 1. The highest BCUT2D eigenvalue weighted by atomic mass is 16.3. The van der Waals surface area contributed by atoms with Crippen LogP contribution in [-0.2, 0) is 11.2 Å². The highest BCUT2D eigenvalue weighted by molar-refractivity contribution is 5.96. The Morgan fingerprint density at radius 1 is 0.938 bits per heavy atom. The van der Waals surface area contributed by atoms with Crippen LogP contribution in [0.5, 0.6) is 0 Å². The smallest absolute Gasteiger partial charge is 0.137 e. The summed E-state index contributed by atoms with van der Waals surface area (Å²) >= 11 is 0. The molecule has 4 aromatic rings. The number of aromatic nitrogens is 1. The minimum Gasteiger partial charge on any atom is -0.393 e. The minimum atomic E-state index is -0.396. The molecule has 4 rings (SSSR count). The molecule has 1 heterocycles. The van der Waals surface area contributed by atoms with Gasteiger partial charge in [-0.05, 0) is 48.6 Å². The van der Waals surface area contributed by atoms with E-state index in [0.29, 0.717) is 25.7 Å². The maximum Gasteiger partial charge on any atom is 0.137 e. The van der Waals surface area contributed by atoms with Gasteiger partial charge in [0, 0.05) is 29.4 Å². The highest BCUT2D eigenvalue weighted by Crippen LogP contribution is 2.37. The zero-order valence-electron chi connectivity index (χ0n) is 18.7. The Morgan fingerprint density at radius 2 is 1.59 bits per heavy atom. The molecular weight excluding hydrogens is 394 g/mol. The van der Waals surface area contributed by atoms with Crippen molar-refractivity contribution in [1.82, 2.24) is 4.98 Å². The Labute approximate surface area is 189 Å². The van der Waals surface area contributed by atoms with Gasteiger partial charge >= 0.3 is 0 Å². The van der Waals surface area contributed by atoms with E-state index in [4.69, 9.17) is 4.98 Å². The van der Waals surface area contributed by atoms with Gasteiger partial charge in [0.15, 0.2) is 0 Å². The summed E-state index contributed by atoms with van der Waals surface area (Å²) in [7, 11) is 0. The van der Waals surface area contributed by atoms with Gasteiger partial charge in [-0.1, -0.05) is 73.7 Å². The third kappa shape index (κ3) is 4.79. The van der Waals surface area contributed by atoms with Crippen molar-refractivity contribution in [2.75, 3.05) is 0 Å². The molecule has 1 atom stereocenters. The van der Waals surface area contributed by atoms with Gasteiger partial charge in [0.2, 0.25) is 0 Å². The number of nitrogens with zero attached hydrogens (tertiary/aromatic N) is 1. The van der Waals surface area contributed by atoms with Crippen molar-refractivity contribution in [3.63, 3.8) is 0 Å². The van der Waals surface area contributed by atoms with Gasteiger partial charge in [-0.25, -0.2) is 4.98 Å². The quantitative estimate of drug-likeness (QED) is 0.350. The minimum absolute atomic E-state index is 0.159. The van der Waals surface area contributed by atoms with E-state index in [0.717, 1.165) is 44.4 Å². The molecule has 1 aromatic heterocycles. The normalized spacial score (nSPS) is 12.1. The van der Waals surface area contributed by atoms with Crippen LogP contribution in [0.3, 0.4) is 0 Å². The number of carbonyl (C=O) groups excluding carboxylic acids is 1. The van der Waals surface area contributed by atoms with Crippen molar-refractivity contribution in [1.29, 1.82) is 0 Å². The molecule has 3 nitrogen and oxygen atoms in total. The number of rotatable bonds is 8. The summed E-state index contributed by atoms with van der Waals surface area (Å²) in [5, 5.41) is 10.8. The first-order chi connectivity index (χ1) is 15.6. The molecule has 0 bridgehead atoms. The fourth-order valence-electron chi connectivity index (χ4n) is 4.19. The standard InChI is InChI=1S/C29H29NO2/c1-3-24(31)15-16-25(32)18-21-14-17-27-26(19-21)20(2)28(22-10-6-4-7-11-22)29(30-27)23-12-8-5-9-13-23/h4-14,17,19,24,31H,3,15-16,18H2,1-2H3/t24-/m1/s1. The molecule has 0 unspecified atom stereocenters. The number of hydrogen-bond donors (Lipinski definition) is 1. The molecule has 0 amide bonds. The van der Waals surface area contributed by atoms with E-state index < -0.39 is 6.10 Å². The predicted molar refractivity (Wildman–Crippen MR) is 132 cm³/mol. The molecule has 0 radical (unpaired) electrons. The van der Waals surface area contributed by atoms with Gasteiger partial charge in [-0.15, -0.1) is 0 Å². The van der Waals surface area contributed by atoms with Crippen molar-refractivity contribution >= 4 is 16.7 Å². The van der Waals surface area contributed by atoms with Gasteiger partial charge in [-0.2, -0.15) is 0 Å². The lowest BCUT2D eigenvalue weighted by molar-refractivity contribution is -0.119. The summed E-state index contributed by atoms with van der Waals surface area (Å²) < 4.78 is 0. The molecule has 0 fully saturated rings. The first-order valence-electron chi connectivity index (χ1n) is 11.3. The maximum atomic E-state index is 12.5. The first-order valence-corrected chi connectivity index (χ1v) is 11.3. The van der Waals surface area contributed by atoms with E-state index >= 15 is 0 Å². The third-order valence-corrected chi connectivity index (χ3v) is 6.05. The molecule has 162 valence electrons. The lowest BCUT2D eigenvalue weighted by Crippen LogP contribution is -2.10. The maximum absolute atomic E-state index is 12.5. The fourth-order valence-corrected chi connectivity index (χ4v) is 4.19. The second kappa shape index (κ2) is 9.88. The number of aryl methyl sites for hydroxylation is 1. The van der Waals surface area contributed by atoms with Crippen LogP contribution in [-0.4, -0.2) is 22.0 Å². The van der Waals surface area contributed by atoms with Crippen LogP contribution in [0.15, 0.2) is 78.9 Å². The summed E-state index contributed by atoms with van der Waals surface area (Å²) in [6, 6.07) is 26.8. The van der Waals surface area contributed by atoms with Gasteiger partial charge in [-0.3, -0.25) is 4.79 Å². The summed E-state index contributed by atoms with van der Waals surface area (Å²) in [5.41, 5.74) is 7.40. The zero-order valence-corrected chi connectivity index (χ0v) is 18.7. The van der Waals surface area contributed by atoms with Crippen LogP contribution in [0.1, 0.15) is 37.3 Å². The average Bonchev–Trinajstić information content (AvgIpc) is 2.83. The Bertz CT molecular complexity index is 1220. The molecule has 3 heteroatoms. The highest BCUT2D eigenvalue weighted by Gasteiger charge is 2.16. The molecule has 0 aliphatic heterocycles. The number of hydrogen-bond acceptors (Lipinski definition) is 3. The van der Waals surface area contributed by atoms with Crippen LogP contribution in [0.4, 0.5) is 0 Å². The largest absolute Gasteiger partial charge is 0.393 e. The van der Waals surface area contributed by atoms with E-state index in [9.17, 15) is 9.90 Å². The number of Topliss-reactive ketones (excluding diaryl/α,β-unsaturated/α-hetero) is 1. The van der Waals surface area contributed by atoms with Crippen molar-refractivity contribution in [3.05, 3.63) is 90.0 Å². The molecule has 0 spiro atoms. The van der Waals surface area contributed by atoms with Gasteiger partial charge in [0.25, 0.3) is 0 Å². The monoisotopic (exact) mass is 423 g/mol. The summed E-state index contributed by atoms with van der Waals surface area (Å²) in [6.07, 6.45) is 1.61. The molecule has 0 saturated carbocycles. The van der Waals surface area contributed by atoms with E-state index in [1.165, 1.54) is 0 Å². The molecule has 0 saturated heterocycles. The second-order valence-electron chi connectivity index (χ2n) is 8.36. The second-order valence-corrected chi connectivity index (χ2v) is 8.36. The Hall–Kier alpha value is -3.30. The molecule has 1 N–H and O–H groups in total. The SMILES string of the molecule is CC[C@@H](O)CCC(=O)Cc1ccc2nc(-c3ccccc3)c(-c3ccccc3)c(C)c2c1. The van der Waals surface area contributed by atoms with E-state index in [1.54, 1.807) is 0 Å². The number of benzene rings is 3. The van der Waals surface area contributed by atoms with E-state index in [2.05, 4.69) is 37.3 Å². The molecular formula is C29H29NO2. The number of aliphatic hydroxyl groups is 1. The number of ketones is 1. The summed E-state index contributed by atoms with van der Waals surface area (Å²) in [4.78, 5) is 17.5. The zero-order chi connectivity index (χ0) is 22.5. The van der Waals surface area contributed by atoms with Crippen LogP contribution < -0.4 is 0 Å². The van der Waals surface area contributed by atoms with Gasteiger partial charge in [0.05, 0.1) is 17.3 Å². The summed E-state index contributed by atoms with van der Waals surface area (Å²) in [6.45, 7) is 4.07. The van der Waals surface area contributed by atoms with Crippen molar-refractivity contribution in [3.8, 4) is 22.4 Å². The van der Waals surface area contributed by atoms with Gasteiger partial charge in [0.1, 0.15) is 5.78 Å². The van der Waals surface area contributed by atoms with Crippen LogP contribution >= 0.6 is 0 Å². The third-order valence-electron chi connectivity index (χ3n) is 6.05. The fraction of sp³-hybridized carbons (Fsp3) is 0.241. The predicted octanol–water partition coefficient (Wildman–Crippen LogP) is 6.54. The van der Waals surface area contributed by atoms with Crippen LogP contribution in [0.2, 0.25) is 0 Å². The van der Waals surface area contributed by atoms with E-state index in [1.807, 2.05) is 55.5 Å². The van der Waals surface area contributed by atoms with Crippen LogP contribution in [0, 0.1) is 6.92 Å². The first kappa shape index (κ1) is 21.9. The van der Waals surface area contributed by atoms with Crippen molar-refractivity contribution in [2.24, 2.45) is 0 Å². The van der Waals surface area contributed by atoms with Crippen LogP contribution in [0.25, 0.3) is 33.3 Å². The Balaban J connectivity index is 1.77. The molecule has 0 aliphatic rings. The molecule has 3 aromatic carbocycles. The van der Waals surface area contributed by atoms with Crippen molar-refractivity contribution < 1.29 is 9.90 Å². The molecule has 0 aliphatic carbocycles. The van der Waals surface area contributed by atoms with Crippen molar-refractivity contribution in [2.45, 2.75) is 45.6 Å². The molecule has 32 heavy (non-hydrogen) atoms.